The molecule has 0 aliphatic heterocycles. The summed E-state index contributed by atoms with van der Waals surface area (Å²) in [5.74, 6) is -0.509. The van der Waals surface area contributed by atoms with Crippen LogP contribution in [0.3, 0.4) is 0 Å². The normalized spacial score (nSPS) is 10.9. The number of hydrogen-bond acceptors (Lipinski definition) is 4. The van der Waals surface area contributed by atoms with Crippen LogP contribution >= 0.6 is 0 Å². The summed E-state index contributed by atoms with van der Waals surface area (Å²) in [5, 5.41) is 9.07. The predicted molar refractivity (Wildman–Crippen MR) is 63.1 cm³/mol. The molecule has 3 rings (SSSR count). The Morgan fingerprint density at radius 2 is 2.28 bits per heavy atom. The Balaban J connectivity index is 2.22. The fourth-order valence-corrected chi connectivity index (χ4v) is 1.75. The monoisotopic (exact) mass is 243 g/mol. The molecule has 0 aliphatic rings. The first kappa shape index (κ1) is 10.5. The molecule has 0 fully saturated rings. The maximum atomic E-state index is 11.1. The lowest BCUT2D eigenvalue weighted by atomic mass is 10.2. The molecule has 0 atom stereocenters. The Bertz CT molecular complexity index is 743. The molecule has 0 unspecified atom stereocenters. The third kappa shape index (κ3) is 1.53. The van der Waals surface area contributed by atoms with Crippen molar-refractivity contribution < 1.29 is 9.90 Å². The van der Waals surface area contributed by atoms with E-state index in [1.807, 2.05) is 7.05 Å². The molecular formula is C11H9N5O2. The molecule has 0 saturated carbocycles. The molecule has 0 bridgehead atoms. The van der Waals surface area contributed by atoms with Gasteiger partial charge in [0, 0.05) is 19.4 Å². The van der Waals surface area contributed by atoms with Crippen LogP contribution in [0.4, 0.5) is 0 Å². The molecule has 3 aromatic heterocycles. The molecule has 0 spiro atoms. The first-order valence-corrected chi connectivity index (χ1v) is 5.21. The number of rotatable bonds is 2. The number of nitrogens with zero attached hydrogens (tertiary/aromatic N) is 4. The van der Waals surface area contributed by atoms with Crippen LogP contribution in [-0.4, -0.2) is 35.6 Å². The maximum absolute atomic E-state index is 11.1. The van der Waals surface area contributed by atoms with Gasteiger partial charge in [0.15, 0.2) is 11.5 Å². The van der Waals surface area contributed by atoms with E-state index in [-0.39, 0.29) is 5.56 Å². The minimum Gasteiger partial charge on any atom is -0.478 e. The van der Waals surface area contributed by atoms with E-state index in [0.717, 1.165) is 0 Å². The van der Waals surface area contributed by atoms with E-state index in [9.17, 15) is 4.79 Å². The lowest BCUT2D eigenvalue weighted by molar-refractivity contribution is 0.0699. The lowest BCUT2D eigenvalue weighted by Crippen LogP contribution is -1.97. The molecule has 18 heavy (non-hydrogen) atoms. The van der Waals surface area contributed by atoms with E-state index >= 15 is 0 Å². The Kier molecular flexibility index (Phi) is 2.12. The van der Waals surface area contributed by atoms with E-state index in [0.29, 0.717) is 22.7 Å². The van der Waals surface area contributed by atoms with Crippen LogP contribution in [0.1, 0.15) is 10.4 Å². The summed E-state index contributed by atoms with van der Waals surface area (Å²) < 4.78 is 1.79. The van der Waals surface area contributed by atoms with Gasteiger partial charge in [-0.15, -0.1) is 0 Å². The van der Waals surface area contributed by atoms with Gasteiger partial charge in [0.1, 0.15) is 5.69 Å². The molecule has 0 aromatic carbocycles. The van der Waals surface area contributed by atoms with Gasteiger partial charge < -0.3 is 14.7 Å². The highest BCUT2D eigenvalue weighted by Gasteiger charge is 2.14. The maximum Gasteiger partial charge on any atom is 0.338 e. The fourth-order valence-electron chi connectivity index (χ4n) is 1.75. The molecule has 0 amide bonds. The predicted octanol–water partition coefficient (Wildman–Crippen LogP) is 1.06. The highest BCUT2D eigenvalue weighted by atomic mass is 16.4. The third-order valence-electron chi connectivity index (χ3n) is 2.57. The highest BCUT2D eigenvalue weighted by molar-refractivity contribution is 6.00. The van der Waals surface area contributed by atoms with Crippen molar-refractivity contribution in [2.45, 2.75) is 0 Å². The second kappa shape index (κ2) is 3.66. The number of carboxylic acids is 1. The topological polar surface area (TPSA) is 96.7 Å². The van der Waals surface area contributed by atoms with Crippen molar-refractivity contribution in [1.29, 1.82) is 0 Å². The average molecular weight is 243 g/mol. The summed E-state index contributed by atoms with van der Waals surface area (Å²) in [7, 11) is 1.85. The highest BCUT2D eigenvalue weighted by Crippen LogP contribution is 2.19. The van der Waals surface area contributed by atoms with Gasteiger partial charge in [-0.3, -0.25) is 0 Å². The number of pyridine rings is 1. The first-order valence-electron chi connectivity index (χ1n) is 5.21. The molecule has 7 nitrogen and oxygen atoms in total. The minimum atomic E-state index is -1.02. The van der Waals surface area contributed by atoms with Crippen LogP contribution in [0.2, 0.25) is 0 Å². The number of aromatic nitrogens is 5. The van der Waals surface area contributed by atoms with Crippen molar-refractivity contribution in [3.63, 3.8) is 0 Å². The quantitative estimate of drug-likeness (QED) is 0.701. The van der Waals surface area contributed by atoms with Gasteiger partial charge in [0.05, 0.1) is 17.4 Å². The SMILES string of the molecule is Cn1cnc(-c2nc3nccc(C(=O)O)c3[nH]2)c1. The minimum absolute atomic E-state index is 0.148. The average Bonchev–Trinajstić information content (AvgIpc) is 2.93. The smallest absolute Gasteiger partial charge is 0.338 e. The molecule has 7 heteroatoms. The van der Waals surface area contributed by atoms with Crippen molar-refractivity contribution in [1.82, 2.24) is 24.5 Å². The van der Waals surface area contributed by atoms with Gasteiger partial charge in [-0.05, 0) is 6.07 Å². The summed E-state index contributed by atoms with van der Waals surface area (Å²) in [5.41, 5.74) is 1.57. The van der Waals surface area contributed by atoms with E-state index < -0.39 is 5.97 Å². The van der Waals surface area contributed by atoms with Crippen LogP contribution < -0.4 is 0 Å². The van der Waals surface area contributed by atoms with E-state index in [2.05, 4.69) is 19.9 Å². The number of aromatic amines is 1. The molecule has 3 aromatic rings. The van der Waals surface area contributed by atoms with Crippen LogP contribution in [0, 0.1) is 0 Å². The summed E-state index contributed by atoms with van der Waals surface area (Å²) in [6.07, 6.45) is 4.86. The van der Waals surface area contributed by atoms with Crippen LogP contribution in [0.5, 0.6) is 0 Å². The van der Waals surface area contributed by atoms with Gasteiger partial charge in [0.2, 0.25) is 0 Å². The lowest BCUT2D eigenvalue weighted by Gasteiger charge is -1.93. The van der Waals surface area contributed by atoms with Crippen LogP contribution in [0.15, 0.2) is 24.8 Å². The van der Waals surface area contributed by atoms with Crippen molar-refractivity contribution in [3.05, 3.63) is 30.4 Å². The Morgan fingerprint density at radius 3 is 2.94 bits per heavy atom. The second-order valence-corrected chi connectivity index (χ2v) is 3.87. The standard InChI is InChI=1S/C11H9N5O2/c1-16-4-7(13-5-16)9-14-8-6(11(17)18)2-3-12-10(8)15-9/h2-5H,1H3,(H,17,18)(H,12,14,15). The molecular weight excluding hydrogens is 234 g/mol. The zero-order chi connectivity index (χ0) is 12.7. The number of hydrogen-bond donors (Lipinski definition) is 2. The Morgan fingerprint density at radius 1 is 1.44 bits per heavy atom. The molecule has 0 radical (unpaired) electrons. The Hall–Kier alpha value is -2.70. The number of aromatic carboxylic acids is 1. The van der Waals surface area contributed by atoms with Crippen molar-refractivity contribution in [2.75, 3.05) is 0 Å². The second-order valence-electron chi connectivity index (χ2n) is 3.87. The number of aryl methyl sites for hydroxylation is 1. The number of carboxylic acid groups (broad SMARTS) is 1. The van der Waals surface area contributed by atoms with Crippen molar-refractivity contribution >= 4 is 17.1 Å². The summed E-state index contributed by atoms with van der Waals surface area (Å²) >= 11 is 0. The van der Waals surface area contributed by atoms with E-state index in [4.69, 9.17) is 5.11 Å². The largest absolute Gasteiger partial charge is 0.478 e. The molecule has 3 heterocycles. The number of imidazole rings is 2. The first-order chi connectivity index (χ1) is 8.65. The van der Waals surface area contributed by atoms with Gasteiger partial charge in [-0.2, -0.15) is 0 Å². The molecule has 0 aliphatic carbocycles. The number of fused-ring (bicyclic) bond motifs is 1. The fraction of sp³-hybridized carbons (Fsp3) is 0.0909. The van der Waals surface area contributed by atoms with Crippen molar-refractivity contribution in [3.8, 4) is 11.5 Å². The van der Waals surface area contributed by atoms with E-state index in [1.54, 1.807) is 17.1 Å². The number of nitrogens with one attached hydrogen (secondary N) is 1. The van der Waals surface area contributed by atoms with Crippen molar-refractivity contribution in [2.24, 2.45) is 7.05 Å². The molecule has 2 N–H and O–H groups in total. The summed E-state index contributed by atoms with van der Waals surface area (Å²) in [6, 6.07) is 1.44. The summed E-state index contributed by atoms with van der Waals surface area (Å²) in [4.78, 5) is 26.4. The van der Waals surface area contributed by atoms with Crippen LogP contribution in [-0.2, 0) is 7.05 Å². The zero-order valence-corrected chi connectivity index (χ0v) is 9.45. The number of H-pyrrole nitrogens is 1. The van der Waals surface area contributed by atoms with E-state index in [1.165, 1.54) is 12.3 Å². The number of carbonyl (C=O) groups is 1. The van der Waals surface area contributed by atoms with Gasteiger partial charge in [0.25, 0.3) is 0 Å². The zero-order valence-electron chi connectivity index (χ0n) is 9.45. The summed E-state index contributed by atoms with van der Waals surface area (Å²) in [6.45, 7) is 0. The van der Waals surface area contributed by atoms with Gasteiger partial charge in [-0.1, -0.05) is 0 Å². The van der Waals surface area contributed by atoms with Gasteiger partial charge in [-0.25, -0.2) is 19.7 Å². The van der Waals surface area contributed by atoms with Crippen LogP contribution in [0.25, 0.3) is 22.7 Å². The van der Waals surface area contributed by atoms with Gasteiger partial charge >= 0.3 is 5.97 Å². The molecule has 0 saturated heterocycles. The molecule has 90 valence electrons. The third-order valence-corrected chi connectivity index (χ3v) is 2.57. The Labute approximate surface area is 101 Å².